The van der Waals surface area contributed by atoms with E-state index >= 15 is 0 Å². The quantitative estimate of drug-likeness (QED) is 0.899. The van der Waals surface area contributed by atoms with Crippen molar-refractivity contribution in [2.75, 3.05) is 19.6 Å². The van der Waals surface area contributed by atoms with Gasteiger partial charge in [-0.25, -0.2) is 0 Å². The minimum Gasteiger partial charge on any atom is -0.356 e. The SMILES string of the molecule is CCCNC(=O)C1CN(C(=O)c2ccc(C)cc2)CC1c1ccccc1. The molecule has 2 aromatic rings. The predicted molar refractivity (Wildman–Crippen MR) is 103 cm³/mol. The molecule has 136 valence electrons. The number of likely N-dealkylation sites (tertiary alicyclic amines) is 1. The van der Waals surface area contributed by atoms with E-state index < -0.39 is 0 Å². The van der Waals surface area contributed by atoms with Crippen LogP contribution in [0.3, 0.4) is 0 Å². The third kappa shape index (κ3) is 3.96. The molecule has 1 aliphatic heterocycles. The number of carbonyl (C=O) groups excluding carboxylic acids is 2. The molecule has 1 heterocycles. The van der Waals surface area contributed by atoms with Gasteiger partial charge in [0.05, 0.1) is 5.92 Å². The summed E-state index contributed by atoms with van der Waals surface area (Å²) >= 11 is 0. The zero-order valence-electron chi connectivity index (χ0n) is 15.4. The van der Waals surface area contributed by atoms with Gasteiger partial charge in [0.15, 0.2) is 0 Å². The van der Waals surface area contributed by atoms with Gasteiger partial charge in [0.2, 0.25) is 5.91 Å². The van der Waals surface area contributed by atoms with Crippen LogP contribution in [0.4, 0.5) is 0 Å². The molecule has 0 saturated carbocycles. The van der Waals surface area contributed by atoms with Crippen LogP contribution in [-0.4, -0.2) is 36.3 Å². The number of amides is 2. The van der Waals surface area contributed by atoms with Crippen LogP contribution in [0.5, 0.6) is 0 Å². The van der Waals surface area contributed by atoms with Crippen molar-refractivity contribution in [3.05, 3.63) is 71.3 Å². The number of carbonyl (C=O) groups is 2. The molecule has 1 N–H and O–H groups in total. The number of benzene rings is 2. The number of rotatable bonds is 5. The Bertz CT molecular complexity index is 755. The highest BCUT2D eigenvalue weighted by Crippen LogP contribution is 2.33. The van der Waals surface area contributed by atoms with E-state index in [0.717, 1.165) is 17.5 Å². The molecular formula is C22H26N2O2. The fourth-order valence-corrected chi connectivity index (χ4v) is 3.53. The summed E-state index contributed by atoms with van der Waals surface area (Å²) in [4.78, 5) is 27.4. The first-order valence-corrected chi connectivity index (χ1v) is 9.28. The van der Waals surface area contributed by atoms with Gasteiger partial charge in [0.1, 0.15) is 0 Å². The zero-order chi connectivity index (χ0) is 18.5. The van der Waals surface area contributed by atoms with Crippen molar-refractivity contribution in [2.24, 2.45) is 5.92 Å². The highest BCUT2D eigenvalue weighted by Gasteiger charge is 2.40. The molecule has 1 fully saturated rings. The van der Waals surface area contributed by atoms with Crippen LogP contribution in [0.25, 0.3) is 0 Å². The molecule has 0 aliphatic carbocycles. The summed E-state index contributed by atoms with van der Waals surface area (Å²) in [6.07, 6.45) is 0.903. The number of nitrogens with one attached hydrogen (secondary N) is 1. The number of nitrogens with zero attached hydrogens (tertiary/aromatic N) is 1. The summed E-state index contributed by atoms with van der Waals surface area (Å²) in [6, 6.07) is 17.7. The van der Waals surface area contributed by atoms with Crippen molar-refractivity contribution in [1.29, 1.82) is 0 Å². The van der Waals surface area contributed by atoms with Crippen molar-refractivity contribution in [2.45, 2.75) is 26.2 Å². The fourth-order valence-electron chi connectivity index (χ4n) is 3.53. The number of hydrogen-bond acceptors (Lipinski definition) is 2. The maximum absolute atomic E-state index is 12.9. The lowest BCUT2D eigenvalue weighted by Gasteiger charge is -2.17. The summed E-state index contributed by atoms with van der Waals surface area (Å²) in [5, 5.41) is 3.00. The Kier molecular flexibility index (Phi) is 5.71. The first kappa shape index (κ1) is 18.2. The second-order valence-electron chi connectivity index (χ2n) is 6.99. The predicted octanol–water partition coefficient (Wildman–Crippen LogP) is 3.38. The molecule has 2 aromatic carbocycles. The summed E-state index contributed by atoms with van der Waals surface area (Å²) in [7, 11) is 0. The van der Waals surface area contributed by atoms with E-state index in [0.29, 0.717) is 25.2 Å². The monoisotopic (exact) mass is 350 g/mol. The smallest absolute Gasteiger partial charge is 0.253 e. The maximum Gasteiger partial charge on any atom is 0.253 e. The number of hydrogen-bond donors (Lipinski definition) is 1. The Balaban J connectivity index is 1.82. The largest absolute Gasteiger partial charge is 0.356 e. The van der Waals surface area contributed by atoms with E-state index in [4.69, 9.17) is 0 Å². The van der Waals surface area contributed by atoms with Gasteiger partial charge in [-0.3, -0.25) is 9.59 Å². The highest BCUT2D eigenvalue weighted by molar-refractivity contribution is 5.95. The zero-order valence-corrected chi connectivity index (χ0v) is 15.4. The first-order chi connectivity index (χ1) is 12.6. The Morgan fingerprint density at radius 3 is 2.38 bits per heavy atom. The van der Waals surface area contributed by atoms with Crippen molar-refractivity contribution >= 4 is 11.8 Å². The molecule has 0 radical (unpaired) electrons. The number of aryl methyl sites for hydroxylation is 1. The van der Waals surface area contributed by atoms with E-state index in [-0.39, 0.29) is 23.7 Å². The molecule has 2 atom stereocenters. The third-order valence-corrected chi connectivity index (χ3v) is 5.02. The van der Waals surface area contributed by atoms with Gasteiger partial charge >= 0.3 is 0 Å². The lowest BCUT2D eigenvalue weighted by Crippen LogP contribution is -2.36. The topological polar surface area (TPSA) is 49.4 Å². The van der Waals surface area contributed by atoms with E-state index in [9.17, 15) is 9.59 Å². The van der Waals surface area contributed by atoms with Gasteiger partial charge in [-0.2, -0.15) is 0 Å². The molecule has 26 heavy (non-hydrogen) atoms. The van der Waals surface area contributed by atoms with Crippen LogP contribution in [0, 0.1) is 12.8 Å². The second kappa shape index (κ2) is 8.17. The summed E-state index contributed by atoms with van der Waals surface area (Å²) < 4.78 is 0. The minimum atomic E-state index is -0.210. The van der Waals surface area contributed by atoms with Crippen LogP contribution in [-0.2, 0) is 4.79 Å². The van der Waals surface area contributed by atoms with Crippen LogP contribution in [0.2, 0.25) is 0 Å². The van der Waals surface area contributed by atoms with Gasteiger partial charge in [-0.05, 0) is 31.0 Å². The molecule has 1 saturated heterocycles. The lowest BCUT2D eigenvalue weighted by atomic mass is 9.88. The Morgan fingerprint density at radius 2 is 1.73 bits per heavy atom. The van der Waals surface area contributed by atoms with Gasteiger partial charge in [0, 0.05) is 31.1 Å². The molecular weight excluding hydrogens is 324 g/mol. The molecule has 0 bridgehead atoms. The lowest BCUT2D eigenvalue weighted by molar-refractivity contribution is -0.124. The average Bonchev–Trinajstić information content (AvgIpc) is 3.12. The van der Waals surface area contributed by atoms with Gasteiger partial charge < -0.3 is 10.2 Å². The summed E-state index contributed by atoms with van der Waals surface area (Å²) in [6.45, 7) is 5.74. The van der Waals surface area contributed by atoms with E-state index in [1.54, 1.807) is 0 Å². The molecule has 4 heteroatoms. The standard InChI is InChI=1S/C22H26N2O2/c1-3-13-23-21(25)20-15-24(14-19(20)17-7-5-4-6-8-17)22(26)18-11-9-16(2)10-12-18/h4-12,19-20H,3,13-15H2,1-2H3,(H,23,25). The summed E-state index contributed by atoms with van der Waals surface area (Å²) in [5.74, 6) is -0.141. The fraction of sp³-hybridized carbons (Fsp3) is 0.364. The van der Waals surface area contributed by atoms with Crippen molar-refractivity contribution in [1.82, 2.24) is 10.2 Å². The Morgan fingerprint density at radius 1 is 1.04 bits per heavy atom. The normalized spacial score (nSPS) is 19.4. The second-order valence-corrected chi connectivity index (χ2v) is 6.99. The van der Waals surface area contributed by atoms with Crippen LogP contribution >= 0.6 is 0 Å². The Labute approximate surface area is 155 Å². The van der Waals surface area contributed by atoms with Crippen LogP contribution in [0.1, 0.15) is 40.7 Å². The molecule has 4 nitrogen and oxygen atoms in total. The molecule has 0 aromatic heterocycles. The maximum atomic E-state index is 12.9. The molecule has 3 rings (SSSR count). The van der Waals surface area contributed by atoms with Crippen LogP contribution < -0.4 is 5.32 Å². The molecule has 1 aliphatic rings. The van der Waals surface area contributed by atoms with E-state index in [1.807, 2.05) is 73.3 Å². The van der Waals surface area contributed by atoms with Gasteiger partial charge in [-0.15, -0.1) is 0 Å². The first-order valence-electron chi connectivity index (χ1n) is 9.28. The Hall–Kier alpha value is -2.62. The van der Waals surface area contributed by atoms with Crippen molar-refractivity contribution in [3.8, 4) is 0 Å². The van der Waals surface area contributed by atoms with Crippen molar-refractivity contribution in [3.63, 3.8) is 0 Å². The van der Waals surface area contributed by atoms with Gasteiger partial charge in [0.25, 0.3) is 5.91 Å². The molecule has 0 spiro atoms. The average molecular weight is 350 g/mol. The van der Waals surface area contributed by atoms with Crippen molar-refractivity contribution < 1.29 is 9.59 Å². The minimum absolute atomic E-state index is 0.00303. The van der Waals surface area contributed by atoms with Gasteiger partial charge in [-0.1, -0.05) is 55.0 Å². The molecule has 2 unspecified atom stereocenters. The summed E-state index contributed by atoms with van der Waals surface area (Å²) in [5.41, 5.74) is 2.92. The highest BCUT2D eigenvalue weighted by atomic mass is 16.2. The third-order valence-electron chi connectivity index (χ3n) is 5.02. The van der Waals surface area contributed by atoms with E-state index in [1.165, 1.54) is 0 Å². The van der Waals surface area contributed by atoms with E-state index in [2.05, 4.69) is 5.32 Å². The van der Waals surface area contributed by atoms with Crippen LogP contribution in [0.15, 0.2) is 54.6 Å². The molecule has 2 amide bonds.